The third kappa shape index (κ3) is 3.06. The van der Waals surface area contributed by atoms with Crippen LogP contribution in [0.1, 0.15) is 22.1 Å². The molecular weight excluding hydrogens is 364 g/mol. The zero-order chi connectivity index (χ0) is 19.0. The average molecular weight is 381 g/mol. The Hall–Kier alpha value is -3.18. The van der Waals surface area contributed by atoms with Gasteiger partial charge in [-0.15, -0.1) is 0 Å². The number of benzene rings is 3. The second-order valence-corrected chi connectivity index (χ2v) is 6.58. The lowest BCUT2D eigenvalue weighted by Gasteiger charge is -2.38. The molecule has 0 fully saturated rings. The van der Waals surface area contributed by atoms with Crippen molar-refractivity contribution in [2.45, 2.75) is 6.17 Å². The second kappa shape index (κ2) is 6.85. The number of rotatable bonds is 3. The fourth-order valence-electron chi connectivity index (χ4n) is 3.19. The molecule has 5 nitrogen and oxygen atoms in total. The average Bonchev–Trinajstić information content (AvgIpc) is 2.70. The second-order valence-electron chi connectivity index (χ2n) is 6.18. The summed E-state index contributed by atoms with van der Waals surface area (Å²) in [4.78, 5) is 15.0. The first-order chi connectivity index (χ1) is 13.1. The summed E-state index contributed by atoms with van der Waals surface area (Å²) in [6.07, 6.45) is -0.473. The molecule has 4 rings (SSSR count). The Kier molecular flexibility index (Phi) is 4.38. The lowest BCUT2D eigenvalue weighted by Crippen LogP contribution is -2.43. The highest BCUT2D eigenvalue weighted by atomic mass is 35.5. The van der Waals surface area contributed by atoms with E-state index in [1.807, 2.05) is 42.5 Å². The molecule has 136 valence electrons. The maximum Gasteiger partial charge on any atom is 0.262 e. The van der Waals surface area contributed by atoms with Gasteiger partial charge in [0.1, 0.15) is 17.7 Å². The van der Waals surface area contributed by atoms with E-state index in [-0.39, 0.29) is 16.7 Å². The monoisotopic (exact) mass is 380 g/mol. The van der Waals surface area contributed by atoms with Gasteiger partial charge in [0, 0.05) is 11.4 Å². The van der Waals surface area contributed by atoms with Crippen molar-refractivity contribution in [1.29, 1.82) is 0 Å². The number of fused-ring (bicyclic) bond motifs is 1. The number of aromatic hydroxyl groups is 1. The van der Waals surface area contributed by atoms with Crippen LogP contribution < -0.4 is 15.0 Å². The maximum absolute atomic E-state index is 13.3. The number of hydrogen-bond acceptors (Lipinski definition) is 4. The lowest BCUT2D eigenvalue weighted by molar-refractivity contribution is 0.0975. The molecule has 1 aliphatic heterocycles. The van der Waals surface area contributed by atoms with Crippen molar-refractivity contribution in [3.05, 3.63) is 82.9 Å². The molecule has 1 aliphatic rings. The number of halogens is 1. The van der Waals surface area contributed by atoms with Crippen molar-refractivity contribution in [2.24, 2.45) is 0 Å². The molecule has 0 saturated carbocycles. The van der Waals surface area contributed by atoms with Crippen LogP contribution in [0.3, 0.4) is 0 Å². The predicted molar refractivity (Wildman–Crippen MR) is 106 cm³/mol. The summed E-state index contributed by atoms with van der Waals surface area (Å²) in [5, 5.41) is 13.4. The molecule has 0 aromatic heterocycles. The number of nitrogens with zero attached hydrogens (tertiary/aromatic N) is 1. The van der Waals surface area contributed by atoms with Gasteiger partial charge in [0.15, 0.2) is 0 Å². The number of phenols is 1. The van der Waals surface area contributed by atoms with Crippen molar-refractivity contribution in [2.75, 3.05) is 17.3 Å². The number of nitrogens with one attached hydrogen (secondary N) is 1. The van der Waals surface area contributed by atoms with Crippen molar-refractivity contribution in [3.63, 3.8) is 0 Å². The van der Waals surface area contributed by atoms with Crippen molar-refractivity contribution in [1.82, 2.24) is 0 Å². The third-order valence-corrected chi connectivity index (χ3v) is 4.87. The summed E-state index contributed by atoms with van der Waals surface area (Å²) in [6, 6.07) is 19.6. The highest BCUT2D eigenvalue weighted by molar-refractivity contribution is 6.32. The third-order valence-electron chi connectivity index (χ3n) is 4.56. The minimum Gasteiger partial charge on any atom is -0.506 e. The largest absolute Gasteiger partial charge is 0.506 e. The van der Waals surface area contributed by atoms with Crippen LogP contribution in [-0.2, 0) is 0 Å². The normalized spacial score (nSPS) is 15.9. The van der Waals surface area contributed by atoms with Gasteiger partial charge < -0.3 is 15.2 Å². The van der Waals surface area contributed by atoms with E-state index in [1.165, 1.54) is 6.07 Å². The quantitative estimate of drug-likeness (QED) is 0.683. The fourth-order valence-corrected chi connectivity index (χ4v) is 3.38. The van der Waals surface area contributed by atoms with E-state index >= 15 is 0 Å². The van der Waals surface area contributed by atoms with E-state index in [2.05, 4.69) is 5.32 Å². The number of hydrogen-bond donors (Lipinski definition) is 2. The van der Waals surface area contributed by atoms with Crippen LogP contribution in [0.25, 0.3) is 0 Å². The molecule has 27 heavy (non-hydrogen) atoms. The van der Waals surface area contributed by atoms with Gasteiger partial charge in [0.05, 0.1) is 17.7 Å². The number of methoxy groups -OCH3 is 1. The Morgan fingerprint density at radius 3 is 2.52 bits per heavy atom. The summed E-state index contributed by atoms with van der Waals surface area (Å²) in [6.45, 7) is 0. The van der Waals surface area contributed by atoms with Crippen molar-refractivity contribution < 1.29 is 14.6 Å². The Morgan fingerprint density at radius 2 is 1.81 bits per heavy atom. The molecule has 0 spiro atoms. The Morgan fingerprint density at radius 1 is 1.07 bits per heavy atom. The number of amides is 1. The van der Waals surface area contributed by atoms with Crippen LogP contribution in [-0.4, -0.2) is 18.1 Å². The van der Waals surface area contributed by atoms with Gasteiger partial charge in [-0.3, -0.25) is 9.69 Å². The predicted octanol–water partition coefficient (Wildman–Crippen LogP) is 4.83. The zero-order valence-corrected chi connectivity index (χ0v) is 15.3. The summed E-state index contributed by atoms with van der Waals surface area (Å²) in [7, 11) is 1.60. The molecule has 6 heteroatoms. The van der Waals surface area contributed by atoms with Gasteiger partial charge in [-0.05, 0) is 54.1 Å². The number of ether oxygens (including phenoxy) is 1. The number of anilines is 2. The Bertz CT molecular complexity index is 1000. The molecule has 0 bridgehead atoms. The van der Waals surface area contributed by atoms with E-state index in [0.717, 1.165) is 16.9 Å². The van der Waals surface area contributed by atoms with E-state index in [1.54, 1.807) is 30.2 Å². The van der Waals surface area contributed by atoms with E-state index in [0.29, 0.717) is 11.3 Å². The SMILES string of the molecule is COc1ccc(N2C(=O)c3ccccc3NC2c2ccc(O)c(Cl)c2)cc1. The topological polar surface area (TPSA) is 61.8 Å². The highest BCUT2D eigenvalue weighted by Crippen LogP contribution is 2.38. The molecular formula is C21H17ClN2O3. The highest BCUT2D eigenvalue weighted by Gasteiger charge is 2.34. The number of carbonyl (C=O) groups excluding carboxylic acids is 1. The van der Waals surface area contributed by atoms with Crippen LogP contribution in [0.15, 0.2) is 66.7 Å². The summed E-state index contributed by atoms with van der Waals surface area (Å²) < 4.78 is 5.22. The Balaban J connectivity index is 1.84. The lowest BCUT2D eigenvalue weighted by atomic mass is 10.0. The summed E-state index contributed by atoms with van der Waals surface area (Å²) in [5.41, 5.74) is 2.82. The Labute approximate surface area is 161 Å². The molecule has 0 radical (unpaired) electrons. The van der Waals surface area contributed by atoms with Crippen molar-refractivity contribution >= 4 is 28.9 Å². The molecule has 1 unspecified atom stereocenters. The molecule has 1 atom stereocenters. The summed E-state index contributed by atoms with van der Waals surface area (Å²) in [5.74, 6) is 0.587. The molecule has 0 aliphatic carbocycles. The fraction of sp³-hybridized carbons (Fsp3) is 0.0952. The molecule has 1 amide bonds. The first-order valence-corrected chi connectivity index (χ1v) is 8.78. The number of carbonyl (C=O) groups is 1. The molecule has 3 aromatic rings. The number of phenolic OH excluding ortho intramolecular Hbond substituents is 1. The van der Waals surface area contributed by atoms with Crippen LogP contribution in [0.2, 0.25) is 5.02 Å². The van der Waals surface area contributed by atoms with Gasteiger partial charge in [-0.1, -0.05) is 29.8 Å². The minimum atomic E-state index is -0.473. The van der Waals surface area contributed by atoms with Gasteiger partial charge >= 0.3 is 0 Å². The summed E-state index contributed by atoms with van der Waals surface area (Å²) >= 11 is 6.11. The van der Waals surface area contributed by atoms with E-state index < -0.39 is 6.17 Å². The van der Waals surface area contributed by atoms with Gasteiger partial charge in [-0.25, -0.2) is 0 Å². The van der Waals surface area contributed by atoms with Crippen LogP contribution in [0.5, 0.6) is 11.5 Å². The van der Waals surface area contributed by atoms with E-state index in [4.69, 9.17) is 16.3 Å². The van der Waals surface area contributed by atoms with Gasteiger partial charge in [-0.2, -0.15) is 0 Å². The maximum atomic E-state index is 13.3. The minimum absolute atomic E-state index is 0.000972. The van der Waals surface area contributed by atoms with Crippen LogP contribution in [0.4, 0.5) is 11.4 Å². The molecule has 2 N–H and O–H groups in total. The molecule has 3 aromatic carbocycles. The van der Waals surface area contributed by atoms with Crippen LogP contribution in [0, 0.1) is 0 Å². The van der Waals surface area contributed by atoms with Gasteiger partial charge in [0.25, 0.3) is 5.91 Å². The molecule has 1 heterocycles. The van der Waals surface area contributed by atoms with Gasteiger partial charge in [0.2, 0.25) is 0 Å². The molecule has 0 saturated heterocycles. The van der Waals surface area contributed by atoms with Crippen LogP contribution >= 0.6 is 11.6 Å². The zero-order valence-electron chi connectivity index (χ0n) is 14.5. The standard InChI is InChI=1S/C21H17ClN2O3/c1-27-15-9-7-14(8-10-15)24-20(13-6-11-19(25)17(22)12-13)23-18-5-3-2-4-16(18)21(24)26/h2-12,20,23,25H,1H3. The first-order valence-electron chi connectivity index (χ1n) is 8.40. The van der Waals surface area contributed by atoms with Crippen molar-refractivity contribution in [3.8, 4) is 11.5 Å². The van der Waals surface area contributed by atoms with E-state index in [9.17, 15) is 9.90 Å². The number of para-hydroxylation sites is 1. The smallest absolute Gasteiger partial charge is 0.262 e. The first kappa shape index (κ1) is 17.2.